The molecule has 2 saturated heterocycles. The van der Waals surface area contributed by atoms with Crippen molar-refractivity contribution in [3.63, 3.8) is 0 Å². The second kappa shape index (κ2) is 6.48. The van der Waals surface area contributed by atoms with Crippen LogP contribution < -0.4 is 4.90 Å². The first kappa shape index (κ1) is 17.4. The molecular weight excluding hydrogens is 396 g/mol. The third kappa shape index (κ3) is 3.49. The maximum atomic E-state index is 12.7. The molecule has 8 heteroatoms. The largest absolute Gasteiger partial charge is 0.341 e. The highest BCUT2D eigenvalue weighted by Gasteiger charge is 2.40. The minimum absolute atomic E-state index is 0.0191. The van der Waals surface area contributed by atoms with E-state index in [4.69, 9.17) is 0 Å². The molecule has 130 valence electrons. The lowest BCUT2D eigenvalue weighted by Gasteiger charge is -2.26. The van der Waals surface area contributed by atoms with Gasteiger partial charge in [0.15, 0.2) is 9.84 Å². The van der Waals surface area contributed by atoms with Gasteiger partial charge in [-0.15, -0.1) is 0 Å². The van der Waals surface area contributed by atoms with Crippen LogP contribution in [0.1, 0.15) is 12.8 Å². The molecule has 24 heavy (non-hydrogen) atoms. The second-order valence-corrected chi connectivity index (χ2v) is 9.54. The fourth-order valence-corrected chi connectivity index (χ4v) is 5.48. The van der Waals surface area contributed by atoms with E-state index in [-0.39, 0.29) is 35.8 Å². The Labute approximate surface area is 149 Å². The Hall–Kier alpha value is -1.41. The van der Waals surface area contributed by atoms with Gasteiger partial charge in [0.1, 0.15) is 0 Å². The van der Waals surface area contributed by atoms with Crippen molar-refractivity contribution < 1.29 is 18.0 Å². The van der Waals surface area contributed by atoms with Gasteiger partial charge in [0, 0.05) is 36.2 Å². The van der Waals surface area contributed by atoms with Gasteiger partial charge >= 0.3 is 0 Å². The molecule has 2 heterocycles. The third-order valence-electron chi connectivity index (χ3n) is 4.70. The number of hydrogen-bond acceptors (Lipinski definition) is 4. The van der Waals surface area contributed by atoms with Crippen molar-refractivity contribution in [3.05, 3.63) is 28.7 Å². The van der Waals surface area contributed by atoms with Crippen LogP contribution in [0.4, 0.5) is 5.69 Å². The van der Waals surface area contributed by atoms with Gasteiger partial charge in [0.2, 0.25) is 11.8 Å². The average molecular weight is 415 g/mol. The zero-order valence-corrected chi connectivity index (χ0v) is 15.7. The minimum atomic E-state index is -3.04. The zero-order chi connectivity index (χ0) is 17.5. The van der Waals surface area contributed by atoms with E-state index in [1.165, 1.54) is 4.90 Å². The van der Waals surface area contributed by atoms with Gasteiger partial charge in [-0.2, -0.15) is 0 Å². The van der Waals surface area contributed by atoms with E-state index in [2.05, 4.69) is 15.9 Å². The molecule has 1 aromatic carbocycles. The summed E-state index contributed by atoms with van der Waals surface area (Å²) < 4.78 is 24.1. The van der Waals surface area contributed by atoms with Gasteiger partial charge < -0.3 is 9.80 Å². The van der Waals surface area contributed by atoms with Crippen LogP contribution in [0.15, 0.2) is 28.7 Å². The van der Waals surface area contributed by atoms with Gasteiger partial charge in [-0.1, -0.05) is 22.0 Å². The van der Waals surface area contributed by atoms with Gasteiger partial charge in [0.25, 0.3) is 0 Å². The number of hydrogen-bond donors (Lipinski definition) is 0. The van der Waals surface area contributed by atoms with Crippen LogP contribution in [0.25, 0.3) is 0 Å². The van der Waals surface area contributed by atoms with Crippen molar-refractivity contribution >= 4 is 43.3 Å². The molecule has 3 rings (SSSR count). The highest BCUT2D eigenvalue weighted by molar-refractivity contribution is 9.10. The number of carbonyl (C=O) groups is 2. The highest BCUT2D eigenvalue weighted by Crippen LogP contribution is 2.29. The van der Waals surface area contributed by atoms with Crippen LogP contribution in [-0.4, -0.2) is 56.3 Å². The number of sulfone groups is 1. The normalized spacial score (nSPS) is 25.9. The zero-order valence-electron chi connectivity index (χ0n) is 13.3. The summed E-state index contributed by atoms with van der Waals surface area (Å²) >= 11 is 3.38. The minimum Gasteiger partial charge on any atom is -0.341 e. The van der Waals surface area contributed by atoms with Gasteiger partial charge in [-0.3, -0.25) is 9.59 Å². The fraction of sp³-hybridized carbons (Fsp3) is 0.500. The Morgan fingerprint density at radius 2 is 2.12 bits per heavy atom. The number of carbonyl (C=O) groups excluding carboxylic acids is 2. The average Bonchev–Trinajstić information content (AvgIpc) is 3.08. The summed E-state index contributed by atoms with van der Waals surface area (Å²) in [5.41, 5.74) is 0.760. The van der Waals surface area contributed by atoms with E-state index >= 15 is 0 Å². The molecule has 0 unspecified atom stereocenters. The smallest absolute Gasteiger partial charge is 0.228 e. The number of anilines is 1. The topological polar surface area (TPSA) is 74.8 Å². The summed E-state index contributed by atoms with van der Waals surface area (Å²) in [6, 6.07) is 7.12. The van der Waals surface area contributed by atoms with Gasteiger partial charge in [-0.25, -0.2) is 8.42 Å². The lowest BCUT2D eigenvalue weighted by molar-refractivity contribution is -0.136. The Morgan fingerprint density at radius 1 is 1.38 bits per heavy atom. The summed E-state index contributed by atoms with van der Waals surface area (Å²) in [4.78, 5) is 28.1. The molecule has 0 aliphatic carbocycles. The van der Waals surface area contributed by atoms with Gasteiger partial charge in [0.05, 0.1) is 17.4 Å². The predicted molar refractivity (Wildman–Crippen MR) is 94.4 cm³/mol. The van der Waals surface area contributed by atoms with Crippen LogP contribution in [0.2, 0.25) is 0 Å². The Kier molecular flexibility index (Phi) is 4.70. The number of halogens is 1. The Morgan fingerprint density at radius 3 is 2.75 bits per heavy atom. The summed E-state index contributed by atoms with van der Waals surface area (Å²) in [7, 11) is -1.40. The van der Waals surface area contributed by atoms with Crippen LogP contribution in [0.5, 0.6) is 0 Å². The molecule has 2 atom stereocenters. The van der Waals surface area contributed by atoms with Crippen molar-refractivity contribution in [2.45, 2.75) is 18.9 Å². The van der Waals surface area contributed by atoms with E-state index in [1.807, 2.05) is 24.3 Å². The first-order chi connectivity index (χ1) is 11.3. The molecule has 0 N–H and O–H groups in total. The number of benzene rings is 1. The molecule has 0 saturated carbocycles. The lowest BCUT2D eigenvalue weighted by Crippen LogP contribution is -2.42. The van der Waals surface area contributed by atoms with Crippen molar-refractivity contribution in [3.8, 4) is 0 Å². The van der Waals surface area contributed by atoms with Crippen LogP contribution in [0.3, 0.4) is 0 Å². The standard InChI is InChI=1S/C16H19BrN2O4S/c1-18(14-5-6-24(22,23)10-14)16(21)11-7-15(20)19(9-11)13-4-2-3-12(17)8-13/h2-4,8,11,14H,5-7,9-10H2,1H3/t11-,14+/m0/s1. The monoisotopic (exact) mass is 414 g/mol. The molecule has 2 aliphatic heterocycles. The van der Waals surface area contributed by atoms with E-state index in [9.17, 15) is 18.0 Å². The van der Waals surface area contributed by atoms with Gasteiger partial charge in [-0.05, 0) is 24.6 Å². The molecule has 0 spiro atoms. The summed E-state index contributed by atoms with van der Waals surface area (Å²) in [6.45, 7) is 0.331. The Bertz CT molecular complexity index is 780. The maximum Gasteiger partial charge on any atom is 0.228 e. The molecule has 0 aromatic heterocycles. The first-order valence-corrected chi connectivity index (χ1v) is 10.4. The number of rotatable bonds is 3. The molecule has 0 bridgehead atoms. The summed E-state index contributed by atoms with van der Waals surface area (Å²) in [5, 5.41) is 0. The van der Waals surface area contributed by atoms with Crippen molar-refractivity contribution in [2.75, 3.05) is 30.0 Å². The van der Waals surface area contributed by atoms with E-state index in [0.29, 0.717) is 13.0 Å². The maximum absolute atomic E-state index is 12.7. The first-order valence-electron chi connectivity index (χ1n) is 7.80. The quantitative estimate of drug-likeness (QED) is 0.749. The molecular formula is C16H19BrN2O4S. The molecule has 2 fully saturated rings. The molecule has 2 aliphatic rings. The number of nitrogens with zero attached hydrogens (tertiary/aromatic N) is 2. The Balaban J connectivity index is 1.70. The van der Waals surface area contributed by atoms with E-state index in [1.54, 1.807) is 11.9 Å². The SMILES string of the molecule is CN(C(=O)[C@H]1CC(=O)N(c2cccc(Br)c2)C1)[C@@H]1CCS(=O)(=O)C1. The van der Waals surface area contributed by atoms with Crippen molar-refractivity contribution in [2.24, 2.45) is 5.92 Å². The van der Waals surface area contributed by atoms with E-state index < -0.39 is 15.8 Å². The third-order valence-corrected chi connectivity index (χ3v) is 6.94. The van der Waals surface area contributed by atoms with Crippen molar-refractivity contribution in [1.82, 2.24) is 4.90 Å². The highest BCUT2D eigenvalue weighted by atomic mass is 79.9. The molecule has 6 nitrogen and oxygen atoms in total. The summed E-state index contributed by atoms with van der Waals surface area (Å²) in [6.07, 6.45) is 0.635. The lowest BCUT2D eigenvalue weighted by atomic mass is 10.1. The molecule has 0 radical (unpaired) electrons. The van der Waals surface area contributed by atoms with Crippen LogP contribution >= 0.6 is 15.9 Å². The summed E-state index contributed by atoms with van der Waals surface area (Å²) in [5.74, 6) is -0.513. The van der Waals surface area contributed by atoms with Crippen LogP contribution in [-0.2, 0) is 19.4 Å². The van der Waals surface area contributed by atoms with E-state index in [0.717, 1.165) is 10.2 Å². The second-order valence-electron chi connectivity index (χ2n) is 6.39. The predicted octanol–water partition coefficient (Wildman–Crippen LogP) is 1.45. The number of amides is 2. The van der Waals surface area contributed by atoms with Crippen LogP contribution in [0, 0.1) is 5.92 Å². The molecule has 1 aromatic rings. The molecule has 2 amide bonds. The fourth-order valence-electron chi connectivity index (χ4n) is 3.32. The van der Waals surface area contributed by atoms with Crippen molar-refractivity contribution in [1.29, 1.82) is 0 Å².